The first kappa shape index (κ1) is 18.9. The first-order valence-electron chi connectivity index (χ1n) is 9.34. The molecule has 0 atom stereocenters. The molecule has 0 aliphatic carbocycles. The van der Waals surface area contributed by atoms with Crippen molar-refractivity contribution in [3.8, 4) is 34.5 Å². The van der Waals surface area contributed by atoms with Gasteiger partial charge in [0.1, 0.15) is 0 Å². The van der Waals surface area contributed by atoms with Crippen molar-refractivity contribution in [3.63, 3.8) is 0 Å². The Labute approximate surface area is 159 Å². The third-order valence-electron chi connectivity index (χ3n) is 4.24. The quantitative estimate of drug-likeness (QED) is 0.645. The molecule has 2 heterocycles. The second-order valence-electron chi connectivity index (χ2n) is 6.68. The van der Waals surface area contributed by atoms with Crippen LogP contribution in [0.15, 0.2) is 35.0 Å². The lowest BCUT2D eigenvalue weighted by atomic mass is 9.95. The van der Waals surface area contributed by atoms with Crippen molar-refractivity contribution in [2.75, 3.05) is 0 Å². The smallest absolute Gasteiger partial charge is 0.259 e. The van der Waals surface area contributed by atoms with Crippen molar-refractivity contribution in [1.82, 2.24) is 15.1 Å². The largest absolute Gasteiger partial charge is 0.503 e. The Morgan fingerprint density at radius 3 is 2.70 bits per heavy atom. The highest BCUT2D eigenvalue weighted by Crippen LogP contribution is 2.31. The molecule has 0 aliphatic rings. The number of hydrogen-bond donors (Lipinski definition) is 1. The van der Waals surface area contributed by atoms with Crippen LogP contribution in [0.1, 0.15) is 45.2 Å². The molecular weight excluding hydrogens is 342 g/mol. The highest BCUT2D eigenvalue weighted by atomic mass is 16.5. The van der Waals surface area contributed by atoms with E-state index in [1.807, 2.05) is 26.0 Å². The van der Waals surface area contributed by atoms with Gasteiger partial charge in [-0.25, -0.2) is 4.98 Å². The van der Waals surface area contributed by atoms with Gasteiger partial charge >= 0.3 is 0 Å². The molecule has 27 heavy (non-hydrogen) atoms. The van der Waals surface area contributed by atoms with Crippen LogP contribution < -0.4 is 4.74 Å². The van der Waals surface area contributed by atoms with Gasteiger partial charge in [0.05, 0.1) is 11.7 Å². The fourth-order valence-corrected chi connectivity index (χ4v) is 3.09. The summed E-state index contributed by atoms with van der Waals surface area (Å²) in [4.78, 5) is 8.67. The van der Waals surface area contributed by atoms with Crippen molar-refractivity contribution in [1.29, 1.82) is 0 Å². The molecular formula is C21H25N3O3. The number of rotatable bonds is 7. The predicted octanol–water partition coefficient (Wildman–Crippen LogP) is 4.81. The lowest BCUT2D eigenvalue weighted by Crippen LogP contribution is -2.06. The monoisotopic (exact) mass is 367 g/mol. The SMILES string of the molecule is CCCc1cccc(-c2noc(-c3cnc(OC(C)C)c(O)c3)n2)c1CC. The van der Waals surface area contributed by atoms with E-state index in [-0.39, 0.29) is 17.7 Å². The highest BCUT2D eigenvalue weighted by Gasteiger charge is 2.17. The summed E-state index contributed by atoms with van der Waals surface area (Å²) < 4.78 is 10.9. The van der Waals surface area contributed by atoms with E-state index < -0.39 is 0 Å². The minimum Gasteiger partial charge on any atom is -0.503 e. The first-order valence-corrected chi connectivity index (χ1v) is 9.34. The third kappa shape index (κ3) is 4.10. The predicted molar refractivity (Wildman–Crippen MR) is 104 cm³/mol. The van der Waals surface area contributed by atoms with Gasteiger partial charge in [0.15, 0.2) is 5.75 Å². The normalized spacial score (nSPS) is 11.1. The fourth-order valence-electron chi connectivity index (χ4n) is 3.09. The molecule has 0 radical (unpaired) electrons. The zero-order chi connectivity index (χ0) is 19.4. The molecule has 1 N–H and O–H groups in total. The Morgan fingerprint density at radius 1 is 1.22 bits per heavy atom. The molecule has 3 aromatic rings. The molecule has 6 heteroatoms. The van der Waals surface area contributed by atoms with Crippen LogP contribution in [0.4, 0.5) is 0 Å². The van der Waals surface area contributed by atoms with Crippen LogP contribution >= 0.6 is 0 Å². The average Bonchev–Trinajstić information content (AvgIpc) is 3.13. The van der Waals surface area contributed by atoms with Gasteiger partial charge in [-0.1, -0.05) is 43.6 Å². The highest BCUT2D eigenvalue weighted by molar-refractivity contribution is 5.65. The van der Waals surface area contributed by atoms with Crippen LogP contribution in [0.2, 0.25) is 0 Å². The average molecular weight is 367 g/mol. The number of hydrogen-bond acceptors (Lipinski definition) is 6. The van der Waals surface area contributed by atoms with Gasteiger partial charge in [-0.3, -0.25) is 0 Å². The van der Waals surface area contributed by atoms with Crippen LogP contribution in [0, 0.1) is 0 Å². The first-order chi connectivity index (χ1) is 13.0. The Kier molecular flexibility index (Phi) is 5.74. The maximum absolute atomic E-state index is 10.1. The Hall–Kier alpha value is -2.89. The van der Waals surface area contributed by atoms with Gasteiger partial charge in [-0.05, 0) is 43.9 Å². The van der Waals surface area contributed by atoms with Crippen LogP contribution in [0.5, 0.6) is 11.6 Å². The molecule has 142 valence electrons. The Balaban J connectivity index is 1.94. The lowest BCUT2D eigenvalue weighted by molar-refractivity contribution is 0.222. The van der Waals surface area contributed by atoms with Gasteiger partial charge in [0.2, 0.25) is 5.82 Å². The minimum absolute atomic E-state index is 0.0554. The van der Waals surface area contributed by atoms with E-state index in [4.69, 9.17) is 9.26 Å². The number of ether oxygens (including phenoxy) is 1. The third-order valence-corrected chi connectivity index (χ3v) is 4.24. The van der Waals surface area contributed by atoms with Gasteiger partial charge in [-0.15, -0.1) is 0 Å². The number of pyridine rings is 1. The molecule has 0 unspecified atom stereocenters. The van der Waals surface area contributed by atoms with E-state index in [1.165, 1.54) is 17.2 Å². The molecule has 0 aliphatic heterocycles. The van der Waals surface area contributed by atoms with E-state index in [9.17, 15) is 5.11 Å². The summed E-state index contributed by atoms with van der Waals surface area (Å²) in [6.45, 7) is 8.05. The zero-order valence-corrected chi connectivity index (χ0v) is 16.2. The molecule has 6 nitrogen and oxygen atoms in total. The van der Waals surface area contributed by atoms with Crippen molar-refractivity contribution in [3.05, 3.63) is 41.6 Å². The maximum atomic E-state index is 10.1. The summed E-state index contributed by atoms with van der Waals surface area (Å²) in [7, 11) is 0. The van der Waals surface area contributed by atoms with E-state index in [1.54, 1.807) is 6.20 Å². The lowest BCUT2D eigenvalue weighted by Gasteiger charge is -2.10. The van der Waals surface area contributed by atoms with Crippen molar-refractivity contribution < 1.29 is 14.4 Å². The Bertz CT molecular complexity index is 919. The number of aryl methyl sites for hydroxylation is 1. The topological polar surface area (TPSA) is 81.3 Å². The summed E-state index contributed by atoms with van der Waals surface area (Å²) in [6, 6.07) is 7.72. The van der Waals surface area contributed by atoms with E-state index in [0.717, 1.165) is 24.8 Å². The molecule has 0 fully saturated rings. The van der Waals surface area contributed by atoms with Gasteiger partial charge in [0.25, 0.3) is 11.8 Å². The molecule has 2 aromatic heterocycles. The molecule has 3 rings (SSSR count). The van der Waals surface area contributed by atoms with Gasteiger partial charge in [0, 0.05) is 11.8 Å². The van der Waals surface area contributed by atoms with Crippen LogP contribution in [-0.4, -0.2) is 26.3 Å². The van der Waals surface area contributed by atoms with Crippen LogP contribution in [-0.2, 0) is 12.8 Å². The second-order valence-corrected chi connectivity index (χ2v) is 6.68. The Morgan fingerprint density at radius 2 is 2.04 bits per heavy atom. The molecule has 0 amide bonds. The standard InChI is InChI=1S/C21H25N3O3/c1-5-8-14-9-7-10-17(16(14)6-2)19-23-20(27-24-19)15-11-18(25)21(22-12-15)26-13(3)4/h7,9-13,25H,5-6,8H2,1-4H3. The molecule has 0 bridgehead atoms. The number of nitrogens with zero attached hydrogens (tertiary/aromatic N) is 3. The summed E-state index contributed by atoms with van der Waals surface area (Å²) >= 11 is 0. The van der Waals surface area contributed by atoms with E-state index >= 15 is 0 Å². The fraction of sp³-hybridized carbons (Fsp3) is 0.381. The zero-order valence-electron chi connectivity index (χ0n) is 16.2. The van der Waals surface area contributed by atoms with Crippen molar-refractivity contribution in [2.45, 2.75) is 53.1 Å². The molecule has 0 saturated heterocycles. The number of aromatic nitrogens is 3. The molecule has 0 spiro atoms. The van der Waals surface area contributed by atoms with Crippen LogP contribution in [0.3, 0.4) is 0 Å². The second kappa shape index (κ2) is 8.20. The van der Waals surface area contributed by atoms with E-state index in [2.05, 4.69) is 35.0 Å². The number of aromatic hydroxyl groups is 1. The number of benzene rings is 1. The summed E-state index contributed by atoms with van der Waals surface area (Å²) in [5.74, 6) is 0.989. The van der Waals surface area contributed by atoms with Gasteiger partial charge < -0.3 is 14.4 Å². The molecule has 1 aromatic carbocycles. The maximum Gasteiger partial charge on any atom is 0.259 e. The van der Waals surface area contributed by atoms with Gasteiger partial charge in [-0.2, -0.15) is 4.98 Å². The van der Waals surface area contributed by atoms with E-state index in [0.29, 0.717) is 17.3 Å². The summed E-state index contributed by atoms with van der Waals surface area (Å²) in [5, 5.41) is 14.3. The van der Waals surface area contributed by atoms with Crippen LogP contribution in [0.25, 0.3) is 22.8 Å². The van der Waals surface area contributed by atoms with Crippen molar-refractivity contribution >= 4 is 0 Å². The summed E-state index contributed by atoms with van der Waals surface area (Å²) in [6.07, 6.45) is 4.50. The minimum atomic E-state index is -0.0767. The summed E-state index contributed by atoms with van der Waals surface area (Å²) in [5.41, 5.74) is 4.09. The molecule has 0 saturated carbocycles. The van der Waals surface area contributed by atoms with Crippen molar-refractivity contribution in [2.24, 2.45) is 0 Å².